The highest BCUT2D eigenvalue weighted by atomic mass is 16.5. The molecule has 0 aliphatic carbocycles. The van der Waals surface area contributed by atoms with E-state index in [1.165, 1.54) is 4.90 Å². The van der Waals surface area contributed by atoms with Crippen molar-refractivity contribution < 1.29 is 19.4 Å². The molecule has 2 aromatic carbocycles. The van der Waals surface area contributed by atoms with Gasteiger partial charge in [-0.15, -0.1) is 0 Å². The third-order valence-electron chi connectivity index (χ3n) is 4.09. The molecule has 3 rings (SSSR count). The van der Waals surface area contributed by atoms with Crippen LogP contribution in [0.2, 0.25) is 0 Å². The number of fused-ring (bicyclic) bond motifs is 1. The summed E-state index contributed by atoms with van der Waals surface area (Å²) in [5.41, 5.74) is 2.10. The van der Waals surface area contributed by atoms with Crippen molar-refractivity contribution in [2.24, 2.45) is 0 Å². The van der Waals surface area contributed by atoms with E-state index in [1.54, 1.807) is 37.4 Å². The third kappa shape index (κ3) is 2.77. The fourth-order valence-electron chi connectivity index (χ4n) is 2.90. The second-order valence-electron chi connectivity index (χ2n) is 5.43. The maximum atomic E-state index is 12.9. The van der Waals surface area contributed by atoms with Crippen LogP contribution in [0.1, 0.15) is 22.3 Å². The highest BCUT2D eigenvalue weighted by Gasteiger charge is 2.35. The van der Waals surface area contributed by atoms with Gasteiger partial charge in [-0.1, -0.05) is 18.2 Å². The van der Waals surface area contributed by atoms with Crippen LogP contribution in [0.3, 0.4) is 0 Å². The minimum absolute atomic E-state index is 0.313. The number of amides is 1. The van der Waals surface area contributed by atoms with Crippen LogP contribution >= 0.6 is 0 Å². The van der Waals surface area contributed by atoms with Crippen LogP contribution in [0, 0.1) is 0 Å². The van der Waals surface area contributed by atoms with Crippen LogP contribution in [-0.2, 0) is 11.2 Å². The molecule has 1 atom stereocenters. The number of hydrogen-bond acceptors (Lipinski definition) is 3. The smallest absolute Gasteiger partial charge is 0.326 e. The summed E-state index contributed by atoms with van der Waals surface area (Å²) in [6.07, 6.45) is 1.06. The van der Waals surface area contributed by atoms with Gasteiger partial charge >= 0.3 is 5.97 Å². The monoisotopic (exact) mass is 311 g/mol. The van der Waals surface area contributed by atoms with E-state index in [-0.39, 0.29) is 5.91 Å². The largest absolute Gasteiger partial charge is 0.497 e. The Morgan fingerprint density at radius 3 is 2.48 bits per heavy atom. The predicted octanol–water partition coefficient (Wildman–Crippen LogP) is 2.74. The molecular weight excluding hydrogens is 294 g/mol. The zero-order chi connectivity index (χ0) is 16.4. The van der Waals surface area contributed by atoms with Crippen LogP contribution in [0.15, 0.2) is 48.5 Å². The molecule has 1 unspecified atom stereocenters. The molecule has 0 fully saturated rings. The normalized spacial score (nSPS) is 16.6. The number of ether oxygens (including phenoxy) is 1. The van der Waals surface area contributed by atoms with Crippen molar-refractivity contribution in [2.75, 3.05) is 12.0 Å². The number of carbonyl (C=O) groups is 2. The van der Waals surface area contributed by atoms with Crippen molar-refractivity contribution in [3.05, 3.63) is 59.7 Å². The number of carboxylic acids is 1. The predicted molar refractivity (Wildman–Crippen MR) is 86.0 cm³/mol. The molecule has 23 heavy (non-hydrogen) atoms. The second kappa shape index (κ2) is 6.12. The molecule has 1 aliphatic heterocycles. The summed E-state index contributed by atoms with van der Waals surface area (Å²) < 4.78 is 5.09. The topological polar surface area (TPSA) is 66.8 Å². The summed E-state index contributed by atoms with van der Waals surface area (Å²) in [6, 6.07) is 13.3. The summed E-state index contributed by atoms with van der Waals surface area (Å²) in [6.45, 7) is 0. The van der Waals surface area contributed by atoms with Gasteiger partial charge in [0.05, 0.1) is 7.11 Å². The highest BCUT2D eigenvalue weighted by Crippen LogP contribution is 2.32. The average Bonchev–Trinajstić information content (AvgIpc) is 2.60. The number of benzene rings is 2. The molecule has 0 bridgehead atoms. The molecule has 0 radical (unpaired) electrons. The van der Waals surface area contributed by atoms with Crippen molar-refractivity contribution in [2.45, 2.75) is 18.9 Å². The Kier molecular flexibility index (Phi) is 4.02. The molecule has 1 N–H and O–H groups in total. The molecule has 0 aromatic heterocycles. The van der Waals surface area contributed by atoms with Gasteiger partial charge in [0.25, 0.3) is 5.91 Å². The van der Waals surface area contributed by atoms with Crippen molar-refractivity contribution in [3.63, 3.8) is 0 Å². The van der Waals surface area contributed by atoms with Crippen molar-refractivity contribution in [3.8, 4) is 5.75 Å². The maximum absolute atomic E-state index is 12.9. The first-order valence-corrected chi connectivity index (χ1v) is 7.40. The summed E-state index contributed by atoms with van der Waals surface area (Å²) in [5.74, 6) is -0.649. The SMILES string of the molecule is COc1ccc(C(=O)N2c3ccccc3CCC2C(=O)O)cc1. The van der Waals surface area contributed by atoms with Gasteiger partial charge in [0, 0.05) is 11.3 Å². The van der Waals surface area contributed by atoms with Gasteiger partial charge in [-0.05, 0) is 48.7 Å². The Morgan fingerprint density at radius 2 is 1.83 bits per heavy atom. The number of nitrogens with zero attached hydrogens (tertiary/aromatic N) is 1. The van der Waals surface area contributed by atoms with E-state index in [2.05, 4.69) is 0 Å². The van der Waals surface area contributed by atoms with Gasteiger partial charge in [0.1, 0.15) is 11.8 Å². The summed E-state index contributed by atoms with van der Waals surface area (Å²) in [7, 11) is 1.55. The lowest BCUT2D eigenvalue weighted by Gasteiger charge is -2.34. The van der Waals surface area contributed by atoms with Crippen molar-refractivity contribution in [1.29, 1.82) is 0 Å². The van der Waals surface area contributed by atoms with Crippen LogP contribution in [0.4, 0.5) is 5.69 Å². The maximum Gasteiger partial charge on any atom is 0.326 e. The Hall–Kier alpha value is -2.82. The minimum Gasteiger partial charge on any atom is -0.497 e. The van der Waals surface area contributed by atoms with E-state index in [4.69, 9.17) is 4.74 Å². The first kappa shape index (κ1) is 15.1. The molecule has 0 spiro atoms. The van der Waals surface area contributed by atoms with Gasteiger partial charge < -0.3 is 9.84 Å². The number of methoxy groups -OCH3 is 1. The Morgan fingerprint density at radius 1 is 1.13 bits per heavy atom. The van der Waals surface area contributed by atoms with Crippen molar-refractivity contribution in [1.82, 2.24) is 0 Å². The van der Waals surface area contributed by atoms with Crippen LogP contribution < -0.4 is 9.64 Å². The third-order valence-corrected chi connectivity index (χ3v) is 4.09. The number of carbonyl (C=O) groups excluding carboxylic acids is 1. The van der Waals surface area contributed by atoms with E-state index in [1.807, 2.05) is 18.2 Å². The van der Waals surface area contributed by atoms with Gasteiger partial charge in [0.2, 0.25) is 0 Å². The Balaban J connectivity index is 2.02. The zero-order valence-corrected chi connectivity index (χ0v) is 12.7. The number of hydrogen-bond donors (Lipinski definition) is 1. The summed E-state index contributed by atoms with van der Waals surface area (Å²) in [5, 5.41) is 9.50. The number of aliphatic carboxylic acids is 1. The molecule has 2 aromatic rings. The minimum atomic E-state index is -0.985. The molecule has 118 valence electrons. The van der Waals surface area contributed by atoms with Crippen LogP contribution in [0.5, 0.6) is 5.75 Å². The van der Waals surface area contributed by atoms with E-state index in [0.29, 0.717) is 29.8 Å². The lowest BCUT2D eigenvalue weighted by atomic mass is 9.95. The lowest BCUT2D eigenvalue weighted by molar-refractivity contribution is -0.138. The molecular formula is C18H17NO4. The lowest BCUT2D eigenvalue weighted by Crippen LogP contribution is -2.48. The van der Waals surface area contributed by atoms with Crippen LogP contribution in [-0.4, -0.2) is 30.1 Å². The number of anilines is 1. The number of carboxylic acid groups (broad SMARTS) is 1. The molecule has 1 heterocycles. The molecule has 5 heteroatoms. The Labute approximate surface area is 134 Å². The number of para-hydroxylation sites is 1. The zero-order valence-electron chi connectivity index (χ0n) is 12.7. The fraction of sp³-hybridized carbons (Fsp3) is 0.222. The van der Waals surface area contributed by atoms with Gasteiger partial charge in [-0.3, -0.25) is 9.69 Å². The summed E-state index contributed by atoms with van der Waals surface area (Å²) >= 11 is 0. The standard InChI is InChI=1S/C18H17NO4/c1-23-14-9-6-13(7-10-14)17(20)19-15-5-3-2-4-12(15)8-11-16(19)18(21)22/h2-7,9-10,16H,8,11H2,1H3,(H,21,22). The highest BCUT2D eigenvalue weighted by molar-refractivity contribution is 6.10. The molecule has 1 amide bonds. The second-order valence-corrected chi connectivity index (χ2v) is 5.43. The van der Waals surface area contributed by atoms with E-state index >= 15 is 0 Å². The first-order valence-electron chi connectivity index (χ1n) is 7.40. The quantitative estimate of drug-likeness (QED) is 0.946. The van der Waals surface area contributed by atoms with Crippen LogP contribution in [0.25, 0.3) is 0 Å². The van der Waals surface area contributed by atoms with Gasteiger partial charge in [-0.25, -0.2) is 4.79 Å². The Bertz CT molecular complexity index is 739. The molecule has 0 saturated carbocycles. The van der Waals surface area contributed by atoms with E-state index in [9.17, 15) is 14.7 Å². The average molecular weight is 311 g/mol. The summed E-state index contributed by atoms with van der Waals surface area (Å²) in [4.78, 5) is 25.9. The first-order chi connectivity index (χ1) is 11.1. The van der Waals surface area contributed by atoms with Gasteiger partial charge in [0.15, 0.2) is 0 Å². The molecule has 0 saturated heterocycles. The van der Waals surface area contributed by atoms with E-state index < -0.39 is 12.0 Å². The van der Waals surface area contributed by atoms with Crippen molar-refractivity contribution >= 4 is 17.6 Å². The molecule has 1 aliphatic rings. The molecule has 5 nitrogen and oxygen atoms in total. The fourth-order valence-corrected chi connectivity index (χ4v) is 2.90. The number of aryl methyl sites for hydroxylation is 1. The number of rotatable bonds is 3. The van der Waals surface area contributed by atoms with Gasteiger partial charge in [-0.2, -0.15) is 0 Å². The van der Waals surface area contributed by atoms with E-state index in [0.717, 1.165) is 5.56 Å².